The molecule has 0 radical (unpaired) electrons. The molecule has 0 unspecified atom stereocenters. The summed E-state index contributed by atoms with van der Waals surface area (Å²) < 4.78 is 11.4. The molecular weight excluding hydrogens is 468 g/mol. The van der Waals surface area contributed by atoms with Gasteiger partial charge in [0, 0.05) is 38.6 Å². The van der Waals surface area contributed by atoms with E-state index in [2.05, 4.69) is 69.9 Å². The number of benzene rings is 2. The maximum absolute atomic E-state index is 11.1. The molecule has 1 atom stereocenters. The first kappa shape index (κ1) is 26.2. The number of ether oxygens (including phenoxy) is 1. The van der Waals surface area contributed by atoms with E-state index >= 15 is 0 Å². The van der Waals surface area contributed by atoms with Gasteiger partial charge in [0.05, 0.1) is 12.3 Å². The Hall–Kier alpha value is -3.83. The van der Waals surface area contributed by atoms with Gasteiger partial charge in [-0.15, -0.1) is 5.92 Å². The smallest absolute Gasteiger partial charge is 0.324 e. The zero-order valence-corrected chi connectivity index (χ0v) is 21.7. The number of aliphatic carboxylic acids is 1. The lowest BCUT2D eigenvalue weighted by atomic mass is 9.96. The average Bonchev–Trinajstić information content (AvgIpc) is 3.40. The van der Waals surface area contributed by atoms with Crippen molar-refractivity contribution in [3.63, 3.8) is 0 Å². The number of aromatic nitrogens is 2. The average molecular weight is 503 g/mol. The second kappa shape index (κ2) is 12.4. The van der Waals surface area contributed by atoms with Crippen molar-refractivity contribution in [3.05, 3.63) is 71.0 Å². The van der Waals surface area contributed by atoms with Crippen LogP contribution in [0.25, 0.3) is 0 Å². The van der Waals surface area contributed by atoms with Crippen LogP contribution in [0.5, 0.6) is 5.75 Å². The number of hydrogen-bond acceptors (Lipinski definition) is 7. The minimum atomic E-state index is -0.859. The van der Waals surface area contributed by atoms with Crippen LogP contribution in [-0.4, -0.2) is 52.3 Å². The van der Waals surface area contributed by atoms with Gasteiger partial charge >= 0.3 is 12.0 Å². The van der Waals surface area contributed by atoms with Crippen molar-refractivity contribution in [1.29, 1.82) is 0 Å². The maximum Gasteiger partial charge on any atom is 0.324 e. The second-order valence-electron chi connectivity index (χ2n) is 9.57. The highest BCUT2D eigenvalue weighted by atomic mass is 16.5. The lowest BCUT2D eigenvalue weighted by molar-refractivity contribution is -0.137. The molecule has 1 aliphatic heterocycles. The number of nitrogens with zero attached hydrogens (tertiary/aromatic N) is 4. The SMILES string of the molecule is CC#C[C@H](CC(=O)O)c1ccc(OCc2ccc(CN3CCN(c4nc(C(C)C)no4)CC3)cc2)cc1. The summed E-state index contributed by atoms with van der Waals surface area (Å²) >= 11 is 0. The van der Waals surface area contributed by atoms with Crippen LogP contribution >= 0.6 is 0 Å². The Kier molecular flexibility index (Phi) is 8.81. The molecule has 1 aromatic heterocycles. The molecule has 0 saturated carbocycles. The molecule has 1 N–H and O–H groups in total. The summed E-state index contributed by atoms with van der Waals surface area (Å²) in [6.45, 7) is 10.8. The van der Waals surface area contributed by atoms with E-state index in [0.29, 0.717) is 12.6 Å². The third kappa shape index (κ3) is 7.34. The number of piperazine rings is 1. The van der Waals surface area contributed by atoms with Crippen molar-refractivity contribution in [1.82, 2.24) is 15.0 Å². The predicted molar refractivity (Wildman–Crippen MR) is 142 cm³/mol. The highest BCUT2D eigenvalue weighted by Gasteiger charge is 2.22. The van der Waals surface area contributed by atoms with Gasteiger partial charge in [-0.05, 0) is 35.7 Å². The highest BCUT2D eigenvalue weighted by molar-refractivity contribution is 5.69. The zero-order valence-electron chi connectivity index (χ0n) is 21.7. The normalized spacial score (nSPS) is 14.8. The van der Waals surface area contributed by atoms with Crippen LogP contribution in [0.2, 0.25) is 0 Å². The molecular formula is C29H34N4O4. The largest absolute Gasteiger partial charge is 0.489 e. The first-order valence-corrected chi connectivity index (χ1v) is 12.7. The van der Waals surface area contributed by atoms with Crippen LogP contribution in [0, 0.1) is 11.8 Å². The Morgan fingerprint density at radius 3 is 2.32 bits per heavy atom. The van der Waals surface area contributed by atoms with Crippen LogP contribution in [0.3, 0.4) is 0 Å². The molecule has 1 saturated heterocycles. The van der Waals surface area contributed by atoms with Gasteiger partial charge < -0.3 is 19.3 Å². The number of carbonyl (C=O) groups is 1. The van der Waals surface area contributed by atoms with Gasteiger partial charge in [0.2, 0.25) is 0 Å². The molecule has 1 aliphatic rings. The van der Waals surface area contributed by atoms with Crippen LogP contribution in [0.15, 0.2) is 53.1 Å². The number of carboxylic acid groups (broad SMARTS) is 1. The van der Waals surface area contributed by atoms with E-state index in [-0.39, 0.29) is 18.3 Å². The minimum absolute atomic E-state index is 0.0130. The van der Waals surface area contributed by atoms with Crippen molar-refractivity contribution in [3.8, 4) is 17.6 Å². The van der Waals surface area contributed by atoms with Crippen molar-refractivity contribution >= 4 is 12.0 Å². The van der Waals surface area contributed by atoms with E-state index in [4.69, 9.17) is 14.4 Å². The molecule has 2 aromatic carbocycles. The molecule has 0 amide bonds. The van der Waals surface area contributed by atoms with E-state index < -0.39 is 5.97 Å². The Labute approximate surface area is 218 Å². The van der Waals surface area contributed by atoms with Gasteiger partial charge in [0.15, 0.2) is 5.82 Å². The molecule has 8 heteroatoms. The topological polar surface area (TPSA) is 91.9 Å². The fraction of sp³-hybridized carbons (Fsp3) is 0.414. The summed E-state index contributed by atoms with van der Waals surface area (Å²) in [7, 11) is 0. The van der Waals surface area contributed by atoms with Crippen LogP contribution < -0.4 is 9.64 Å². The van der Waals surface area contributed by atoms with Crippen LogP contribution in [0.1, 0.15) is 61.5 Å². The summed E-state index contributed by atoms with van der Waals surface area (Å²) in [5.74, 6) is 6.37. The first-order valence-electron chi connectivity index (χ1n) is 12.7. The summed E-state index contributed by atoms with van der Waals surface area (Å²) in [6.07, 6.45) is -0.0130. The Bertz CT molecular complexity index is 1220. The van der Waals surface area contributed by atoms with Crippen molar-refractivity contribution in [2.75, 3.05) is 31.1 Å². The van der Waals surface area contributed by atoms with Crippen molar-refractivity contribution in [2.24, 2.45) is 0 Å². The van der Waals surface area contributed by atoms with Gasteiger partial charge in [-0.25, -0.2) is 0 Å². The Morgan fingerprint density at radius 2 is 1.73 bits per heavy atom. The third-order valence-electron chi connectivity index (χ3n) is 6.40. The number of carboxylic acids is 1. The standard InChI is InChI=1S/C29H34N4O4/c1-4-5-25(18-27(34)35)24-10-12-26(13-11-24)36-20-23-8-6-22(7-9-23)19-32-14-16-33(17-15-32)29-30-28(21(2)3)31-37-29/h6-13,21,25H,14-20H2,1-3H3,(H,34,35)/t25-/m1/s1. The van der Waals surface area contributed by atoms with E-state index in [1.54, 1.807) is 6.92 Å². The molecule has 1 fully saturated rings. The second-order valence-corrected chi connectivity index (χ2v) is 9.57. The molecule has 0 bridgehead atoms. The fourth-order valence-corrected chi connectivity index (χ4v) is 4.25. The maximum atomic E-state index is 11.1. The highest BCUT2D eigenvalue weighted by Crippen LogP contribution is 2.23. The minimum Gasteiger partial charge on any atom is -0.489 e. The molecule has 2 heterocycles. The summed E-state index contributed by atoms with van der Waals surface area (Å²) in [5, 5.41) is 13.2. The fourth-order valence-electron chi connectivity index (χ4n) is 4.25. The van der Waals surface area contributed by atoms with Crippen LogP contribution in [0.4, 0.5) is 6.01 Å². The lowest BCUT2D eigenvalue weighted by Crippen LogP contribution is -2.46. The van der Waals surface area contributed by atoms with Gasteiger partial charge in [0.25, 0.3) is 0 Å². The molecule has 3 aromatic rings. The Balaban J connectivity index is 1.23. The first-order chi connectivity index (χ1) is 17.9. The van der Waals surface area contributed by atoms with E-state index in [9.17, 15) is 4.79 Å². The van der Waals surface area contributed by atoms with Crippen LogP contribution in [-0.2, 0) is 17.9 Å². The van der Waals surface area contributed by atoms with Gasteiger partial charge in [-0.1, -0.05) is 61.3 Å². The van der Waals surface area contributed by atoms with Gasteiger partial charge in [-0.2, -0.15) is 4.98 Å². The molecule has 8 nitrogen and oxygen atoms in total. The number of rotatable bonds is 10. The molecule has 0 aliphatic carbocycles. The molecule has 4 rings (SSSR count). The van der Waals surface area contributed by atoms with Crippen molar-refractivity contribution < 1.29 is 19.2 Å². The monoisotopic (exact) mass is 502 g/mol. The quantitative estimate of drug-likeness (QED) is 0.400. The van der Waals surface area contributed by atoms with E-state index in [1.165, 1.54) is 5.56 Å². The van der Waals surface area contributed by atoms with Crippen molar-refractivity contribution in [2.45, 2.75) is 52.2 Å². The van der Waals surface area contributed by atoms with Gasteiger partial charge in [0.1, 0.15) is 12.4 Å². The summed E-state index contributed by atoms with van der Waals surface area (Å²) in [4.78, 5) is 20.2. The molecule has 0 spiro atoms. The molecule has 37 heavy (non-hydrogen) atoms. The van der Waals surface area contributed by atoms with Gasteiger partial charge in [-0.3, -0.25) is 9.69 Å². The molecule has 194 valence electrons. The summed E-state index contributed by atoms with van der Waals surface area (Å²) in [6, 6.07) is 16.6. The third-order valence-corrected chi connectivity index (χ3v) is 6.40. The lowest BCUT2D eigenvalue weighted by Gasteiger charge is -2.33. The summed E-state index contributed by atoms with van der Waals surface area (Å²) in [5.41, 5.74) is 3.24. The zero-order chi connectivity index (χ0) is 26.2. The predicted octanol–water partition coefficient (Wildman–Crippen LogP) is 4.68. The van der Waals surface area contributed by atoms with E-state index in [1.807, 2.05) is 24.3 Å². The van der Waals surface area contributed by atoms with E-state index in [0.717, 1.165) is 55.4 Å². The number of anilines is 1. The number of hydrogen-bond donors (Lipinski definition) is 1. The Morgan fingerprint density at radius 1 is 1.05 bits per heavy atom.